The Morgan fingerprint density at radius 3 is 1.70 bits per heavy atom. The highest BCUT2D eigenvalue weighted by atomic mass is 14.8. The Kier molecular flexibility index (Phi) is 7.26. The van der Waals surface area contributed by atoms with Gasteiger partial charge >= 0.3 is 0 Å². The Hall–Kier alpha value is -4.94. The van der Waals surface area contributed by atoms with Crippen LogP contribution in [-0.4, -0.2) is 10.7 Å². The summed E-state index contributed by atoms with van der Waals surface area (Å²) in [5.74, 6) is 0. The molecule has 44 heavy (non-hydrogen) atoms. The third-order valence-electron chi connectivity index (χ3n) is 8.53. The Bertz CT molecular complexity index is 1940. The second kappa shape index (κ2) is 11.0. The lowest BCUT2D eigenvalue weighted by Crippen LogP contribution is -2.10. The first kappa shape index (κ1) is 29.1. The number of H-pyrrole nitrogens is 1. The number of rotatable bonds is 4. The number of allylic oxidation sites excluding steroid dienone is 1. The standard InChI is InChI=1S/C41H39N3/c1-26-12-14-29(15-13-26)37-32-10-8-9-11-33(32)38(44-37)35(25-42)39-34(27-16-20-30(21-17-27)40(2,3)4)24-36(43-39)28-18-22-31(23-19-28)41(5,6)7/h8-24,43H,1-7H3/b38-35-. The fourth-order valence-electron chi connectivity index (χ4n) is 5.81. The maximum absolute atomic E-state index is 10.8. The molecular formula is C41H39N3. The highest BCUT2D eigenvalue weighted by Crippen LogP contribution is 2.41. The van der Waals surface area contributed by atoms with Crippen LogP contribution in [0, 0.1) is 18.3 Å². The highest BCUT2D eigenvalue weighted by molar-refractivity contribution is 6.23. The molecule has 0 saturated heterocycles. The second-order valence-corrected chi connectivity index (χ2v) is 13.8. The summed E-state index contributed by atoms with van der Waals surface area (Å²) in [6.45, 7) is 15.4. The van der Waals surface area contributed by atoms with Gasteiger partial charge in [-0.1, -0.05) is 144 Å². The number of nitriles is 1. The van der Waals surface area contributed by atoms with Crippen molar-refractivity contribution in [1.82, 2.24) is 4.98 Å². The monoisotopic (exact) mass is 573 g/mol. The molecule has 0 amide bonds. The van der Waals surface area contributed by atoms with Crippen LogP contribution >= 0.6 is 0 Å². The van der Waals surface area contributed by atoms with Crippen LogP contribution < -0.4 is 0 Å². The molecule has 4 aromatic carbocycles. The Balaban J connectivity index is 1.56. The number of nitrogens with zero attached hydrogens (tertiary/aromatic N) is 2. The molecular weight excluding hydrogens is 534 g/mol. The van der Waals surface area contributed by atoms with Crippen LogP contribution in [0.5, 0.6) is 0 Å². The van der Waals surface area contributed by atoms with Gasteiger partial charge in [0.1, 0.15) is 11.6 Å². The molecule has 0 bridgehead atoms. The van der Waals surface area contributed by atoms with E-state index in [1.165, 1.54) is 16.7 Å². The predicted octanol–water partition coefficient (Wildman–Crippen LogP) is 10.5. The quantitative estimate of drug-likeness (QED) is 0.214. The van der Waals surface area contributed by atoms with Crippen molar-refractivity contribution >= 4 is 17.0 Å². The van der Waals surface area contributed by atoms with Crippen molar-refractivity contribution in [1.29, 1.82) is 5.26 Å². The first-order chi connectivity index (χ1) is 20.9. The van der Waals surface area contributed by atoms with E-state index in [1.807, 2.05) is 12.1 Å². The van der Waals surface area contributed by atoms with Gasteiger partial charge < -0.3 is 4.98 Å². The van der Waals surface area contributed by atoms with Crippen molar-refractivity contribution in [3.05, 3.63) is 142 Å². The zero-order chi connectivity index (χ0) is 31.2. The van der Waals surface area contributed by atoms with Crippen LogP contribution in [0.15, 0.2) is 108 Å². The summed E-state index contributed by atoms with van der Waals surface area (Å²) in [7, 11) is 0. The van der Waals surface area contributed by atoms with Gasteiger partial charge in [-0.2, -0.15) is 5.26 Å². The van der Waals surface area contributed by atoms with Crippen molar-refractivity contribution < 1.29 is 0 Å². The second-order valence-electron chi connectivity index (χ2n) is 13.8. The predicted molar refractivity (Wildman–Crippen MR) is 185 cm³/mol. The number of benzene rings is 4. The summed E-state index contributed by atoms with van der Waals surface area (Å²) < 4.78 is 0. The number of aryl methyl sites for hydroxylation is 1. The molecule has 0 unspecified atom stereocenters. The van der Waals surface area contributed by atoms with E-state index >= 15 is 0 Å². The number of aromatic amines is 1. The minimum absolute atomic E-state index is 0.0495. The van der Waals surface area contributed by atoms with E-state index in [2.05, 4.69) is 151 Å². The van der Waals surface area contributed by atoms with Crippen LogP contribution in [0.2, 0.25) is 0 Å². The molecule has 3 heteroatoms. The van der Waals surface area contributed by atoms with Crippen molar-refractivity contribution in [2.75, 3.05) is 0 Å². The molecule has 0 aliphatic carbocycles. The SMILES string of the molecule is Cc1ccc(C2=N/C(=C(/C#N)c3[nH]c(-c4ccc(C(C)(C)C)cc4)cc3-c3ccc(C(C)(C)C)cc3)c3ccccc32)cc1. The lowest BCUT2D eigenvalue weighted by atomic mass is 9.86. The maximum atomic E-state index is 10.8. The Morgan fingerprint density at radius 2 is 1.16 bits per heavy atom. The molecule has 1 aliphatic rings. The van der Waals surface area contributed by atoms with E-state index < -0.39 is 0 Å². The molecule has 0 saturated carbocycles. The highest BCUT2D eigenvalue weighted by Gasteiger charge is 2.27. The van der Waals surface area contributed by atoms with Crippen LogP contribution in [0.25, 0.3) is 33.7 Å². The first-order valence-electron chi connectivity index (χ1n) is 15.3. The summed E-state index contributed by atoms with van der Waals surface area (Å²) in [4.78, 5) is 8.83. The number of fused-ring (bicyclic) bond motifs is 1. The maximum Gasteiger partial charge on any atom is 0.104 e. The van der Waals surface area contributed by atoms with Crippen LogP contribution in [0.1, 0.15) is 80.6 Å². The molecule has 3 nitrogen and oxygen atoms in total. The summed E-state index contributed by atoms with van der Waals surface area (Å²) in [5.41, 5.74) is 13.9. The number of hydrogen-bond acceptors (Lipinski definition) is 2. The zero-order valence-corrected chi connectivity index (χ0v) is 26.7. The third kappa shape index (κ3) is 5.45. The van der Waals surface area contributed by atoms with E-state index in [0.29, 0.717) is 11.3 Å². The number of aliphatic imine (C=N–C) groups is 1. The van der Waals surface area contributed by atoms with Gasteiger partial charge in [0.25, 0.3) is 0 Å². The minimum Gasteiger partial charge on any atom is -0.353 e. The molecule has 1 aromatic heterocycles. The smallest absolute Gasteiger partial charge is 0.104 e. The Morgan fingerprint density at radius 1 is 0.636 bits per heavy atom. The van der Waals surface area contributed by atoms with Crippen LogP contribution in [-0.2, 0) is 10.8 Å². The van der Waals surface area contributed by atoms with Crippen LogP contribution in [0.4, 0.5) is 0 Å². The molecule has 1 aliphatic heterocycles. The molecule has 0 fully saturated rings. The number of nitrogens with one attached hydrogen (secondary N) is 1. The lowest BCUT2D eigenvalue weighted by Gasteiger charge is -2.19. The van der Waals surface area contributed by atoms with E-state index in [0.717, 1.165) is 50.5 Å². The van der Waals surface area contributed by atoms with Gasteiger partial charge in [-0.3, -0.25) is 0 Å². The van der Waals surface area contributed by atoms with Crippen molar-refractivity contribution in [3.63, 3.8) is 0 Å². The van der Waals surface area contributed by atoms with Gasteiger partial charge in [-0.25, -0.2) is 4.99 Å². The average Bonchev–Trinajstić information content (AvgIpc) is 3.61. The molecule has 0 spiro atoms. The van der Waals surface area contributed by atoms with E-state index in [4.69, 9.17) is 4.99 Å². The topological polar surface area (TPSA) is 51.9 Å². The largest absolute Gasteiger partial charge is 0.353 e. The summed E-state index contributed by atoms with van der Waals surface area (Å²) in [5, 5.41) is 10.8. The molecule has 0 atom stereocenters. The van der Waals surface area contributed by atoms with Gasteiger partial charge in [0.05, 0.1) is 17.1 Å². The van der Waals surface area contributed by atoms with E-state index in [-0.39, 0.29) is 10.8 Å². The summed E-state index contributed by atoms with van der Waals surface area (Å²) in [6, 6.07) is 38.8. The number of aromatic nitrogens is 1. The van der Waals surface area contributed by atoms with Gasteiger partial charge in [-0.15, -0.1) is 0 Å². The van der Waals surface area contributed by atoms with Gasteiger partial charge in [0.15, 0.2) is 0 Å². The summed E-state index contributed by atoms with van der Waals surface area (Å²) >= 11 is 0. The average molecular weight is 574 g/mol. The fourth-order valence-corrected chi connectivity index (χ4v) is 5.81. The molecule has 218 valence electrons. The molecule has 1 N–H and O–H groups in total. The van der Waals surface area contributed by atoms with Gasteiger partial charge in [-0.05, 0) is 46.1 Å². The minimum atomic E-state index is 0.0495. The molecule has 2 heterocycles. The Labute approximate surface area is 261 Å². The van der Waals surface area contributed by atoms with Crippen LogP contribution in [0.3, 0.4) is 0 Å². The normalized spacial score (nSPS) is 14.2. The number of hydrogen-bond donors (Lipinski definition) is 1. The third-order valence-corrected chi connectivity index (χ3v) is 8.53. The van der Waals surface area contributed by atoms with E-state index in [9.17, 15) is 5.26 Å². The van der Waals surface area contributed by atoms with Gasteiger partial charge in [0, 0.05) is 27.9 Å². The fraction of sp³-hybridized carbons (Fsp3) is 0.220. The van der Waals surface area contributed by atoms with Crippen molar-refractivity contribution in [3.8, 4) is 28.5 Å². The van der Waals surface area contributed by atoms with E-state index in [1.54, 1.807) is 0 Å². The first-order valence-corrected chi connectivity index (χ1v) is 15.3. The zero-order valence-electron chi connectivity index (χ0n) is 26.7. The van der Waals surface area contributed by atoms with Gasteiger partial charge in [0.2, 0.25) is 0 Å². The molecule has 6 rings (SSSR count). The summed E-state index contributed by atoms with van der Waals surface area (Å²) in [6.07, 6.45) is 0. The molecule has 0 radical (unpaired) electrons. The van der Waals surface area contributed by atoms with Crippen molar-refractivity contribution in [2.24, 2.45) is 4.99 Å². The van der Waals surface area contributed by atoms with Crippen molar-refractivity contribution in [2.45, 2.75) is 59.3 Å². The molecule has 5 aromatic rings. The lowest BCUT2D eigenvalue weighted by molar-refractivity contribution is 0.590.